The molecule has 150 valence electrons. The average molecular weight is 421 g/mol. The molecule has 1 saturated carbocycles. The first kappa shape index (κ1) is 19.8. The Morgan fingerprint density at radius 1 is 1.29 bits per heavy atom. The van der Waals surface area contributed by atoms with Crippen molar-refractivity contribution >= 4 is 45.8 Å². The Morgan fingerprint density at radius 3 is 2.75 bits per heavy atom. The van der Waals surface area contributed by atoms with Crippen LogP contribution in [-0.4, -0.2) is 30.1 Å². The lowest BCUT2D eigenvalue weighted by Crippen LogP contribution is -2.35. The van der Waals surface area contributed by atoms with Gasteiger partial charge in [0.2, 0.25) is 0 Å². The Hall–Kier alpha value is -1.52. The molecule has 2 atom stereocenters. The fourth-order valence-corrected chi connectivity index (χ4v) is 6.14. The van der Waals surface area contributed by atoms with Gasteiger partial charge >= 0.3 is 5.97 Å². The largest absolute Gasteiger partial charge is 0.462 e. The van der Waals surface area contributed by atoms with E-state index in [1.165, 1.54) is 6.42 Å². The molecule has 28 heavy (non-hydrogen) atoms. The molecule has 0 amide bonds. The molecule has 2 bridgehead atoms. The van der Waals surface area contributed by atoms with Gasteiger partial charge in [0.1, 0.15) is 5.56 Å². The van der Waals surface area contributed by atoms with Crippen LogP contribution >= 0.6 is 23.2 Å². The Morgan fingerprint density at radius 2 is 2.04 bits per heavy atom. The maximum absolute atomic E-state index is 12.8. The van der Waals surface area contributed by atoms with E-state index >= 15 is 0 Å². The molecule has 1 aliphatic heterocycles. The van der Waals surface area contributed by atoms with Crippen LogP contribution in [0.5, 0.6) is 0 Å². The highest BCUT2D eigenvalue weighted by molar-refractivity contribution is 6.38. The summed E-state index contributed by atoms with van der Waals surface area (Å²) in [6.45, 7) is 10.1. The van der Waals surface area contributed by atoms with E-state index in [1.807, 2.05) is 13.0 Å². The third-order valence-electron chi connectivity index (χ3n) is 6.06. The van der Waals surface area contributed by atoms with Crippen molar-refractivity contribution in [1.29, 1.82) is 0 Å². The van der Waals surface area contributed by atoms with Crippen LogP contribution in [0.3, 0.4) is 0 Å². The minimum Gasteiger partial charge on any atom is -0.462 e. The van der Waals surface area contributed by atoms with Crippen LogP contribution in [0.2, 0.25) is 10.0 Å². The highest BCUT2D eigenvalue weighted by Crippen LogP contribution is 2.54. The molecule has 2 aliphatic rings. The molecule has 0 spiro atoms. The van der Waals surface area contributed by atoms with Crippen molar-refractivity contribution in [2.24, 2.45) is 10.8 Å². The van der Waals surface area contributed by atoms with Crippen molar-refractivity contribution in [1.82, 2.24) is 4.98 Å². The summed E-state index contributed by atoms with van der Waals surface area (Å²) in [7, 11) is 0. The van der Waals surface area contributed by atoms with E-state index in [-0.39, 0.29) is 16.8 Å². The normalized spacial score (nSPS) is 25.9. The van der Waals surface area contributed by atoms with Gasteiger partial charge in [-0.1, -0.05) is 44.0 Å². The number of carbonyl (C=O) groups is 1. The molecule has 1 saturated heterocycles. The molecular formula is C22H26Cl2N2O2. The van der Waals surface area contributed by atoms with Crippen LogP contribution in [0.4, 0.5) is 5.69 Å². The van der Waals surface area contributed by atoms with Crippen molar-refractivity contribution in [3.63, 3.8) is 0 Å². The number of aromatic nitrogens is 1. The zero-order chi connectivity index (χ0) is 20.3. The van der Waals surface area contributed by atoms with Crippen LogP contribution in [0.1, 0.15) is 57.3 Å². The molecule has 6 heteroatoms. The molecule has 0 radical (unpaired) electrons. The number of nitrogens with zero attached hydrogens (tertiary/aromatic N) is 2. The van der Waals surface area contributed by atoms with E-state index in [0.717, 1.165) is 30.5 Å². The number of halogens is 2. The fraction of sp³-hybridized carbons (Fsp3) is 0.545. The zero-order valence-corrected chi connectivity index (χ0v) is 18.3. The van der Waals surface area contributed by atoms with Crippen LogP contribution in [0, 0.1) is 10.8 Å². The van der Waals surface area contributed by atoms with Gasteiger partial charge in [-0.05, 0) is 49.1 Å². The van der Waals surface area contributed by atoms with Crippen LogP contribution < -0.4 is 4.90 Å². The van der Waals surface area contributed by atoms with E-state index in [4.69, 9.17) is 27.9 Å². The molecule has 1 aromatic heterocycles. The zero-order valence-electron chi connectivity index (χ0n) is 16.8. The van der Waals surface area contributed by atoms with Crippen molar-refractivity contribution in [2.75, 3.05) is 18.1 Å². The van der Waals surface area contributed by atoms with E-state index in [0.29, 0.717) is 33.8 Å². The Balaban J connectivity index is 1.94. The van der Waals surface area contributed by atoms with Gasteiger partial charge in [0.15, 0.2) is 0 Å². The second-order valence-corrected chi connectivity index (χ2v) is 10.2. The standard InChI is InChI=1S/C22H26Cl2N2O2/c1-5-28-20(27)16-10-25-18-15(6-13(23)7-17(18)24)19(16)26-12-22(4)9-14(26)8-21(2,3)11-22/h6-7,10,14H,5,8-9,11-12H2,1-4H3/t14-,22-/m1/s1. The monoisotopic (exact) mass is 420 g/mol. The summed E-state index contributed by atoms with van der Waals surface area (Å²) >= 11 is 12.8. The topological polar surface area (TPSA) is 42.4 Å². The van der Waals surface area contributed by atoms with Gasteiger partial charge in [0, 0.05) is 29.2 Å². The SMILES string of the molecule is CCOC(=O)c1cnc2c(Cl)cc(Cl)cc2c1N1C[C@]2(C)C[C@H]1CC(C)(C)C2. The molecule has 0 unspecified atom stereocenters. The van der Waals surface area contributed by atoms with E-state index < -0.39 is 0 Å². The maximum Gasteiger partial charge on any atom is 0.341 e. The smallest absolute Gasteiger partial charge is 0.341 e. The van der Waals surface area contributed by atoms with E-state index in [1.54, 1.807) is 12.3 Å². The van der Waals surface area contributed by atoms with Crippen molar-refractivity contribution in [3.05, 3.63) is 33.9 Å². The van der Waals surface area contributed by atoms with Gasteiger partial charge in [0.05, 0.1) is 22.8 Å². The minimum atomic E-state index is -0.353. The maximum atomic E-state index is 12.8. The number of pyridine rings is 1. The second kappa shape index (κ2) is 6.77. The number of carbonyl (C=O) groups excluding carboxylic acids is 1. The van der Waals surface area contributed by atoms with Gasteiger partial charge in [0.25, 0.3) is 0 Å². The number of benzene rings is 1. The van der Waals surface area contributed by atoms with E-state index in [2.05, 4.69) is 30.7 Å². The summed E-state index contributed by atoms with van der Waals surface area (Å²) < 4.78 is 5.34. The summed E-state index contributed by atoms with van der Waals surface area (Å²) in [6, 6.07) is 3.92. The molecule has 0 N–H and O–H groups in total. The first-order valence-corrected chi connectivity index (χ1v) is 10.6. The van der Waals surface area contributed by atoms with Gasteiger partial charge in [-0.2, -0.15) is 0 Å². The summed E-state index contributed by atoms with van der Waals surface area (Å²) in [6.07, 6.45) is 4.98. The third-order valence-corrected chi connectivity index (χ3v) is 6.56. The van der Waals surface area contributed by atoms with Crippen LogP contribution in [0.25, 0.3) is 10.9 Å². The number of rotatable bonds is 3. The number of hydrogen-bond donors (Lipinski definition) is 0. The molecule has 2 heterocycles. The Labute approximate surface area is 176 Å². The molecule has 1 aliphatic carbocycles. The van der Waals surface area contributed by atoms with E-state index in [9.17, 15) is 4.79 Å². The van der Waals surface area contributed by atoms with Crippen molar-refractivity contribution in [3.8, 4) is 0 Å². The number of esters is 1. The minimum absolute atomic E-state index is 0.219. The highest BCUT2D eigenvalue weighted by Gasteiger charge is 2.50. The van der Waals surface area contributed by atoms with Gasteiger partial charge < -0.3 is 9.64 Å². The summed E-state index contributed by atoms with van der Waals surface area (Å²) in [5.74, 6) is -0.353. The summed E-state index contributed by atoms with van der Waals surface area (Å²) in [5, 5.41) is 1.85. The molecule has 2 fully saturated rings. The highest BCUT2D eigenvalue weighted by atomic mass is 35.5. The first-order chi connectivity index (χ1) is 13.1. The van der Waals surface area contributed by atoms with Gasteiger partial charge in [-0.3, -0.25) is 4.98 Å². The number of anilines is 1. The predicted molar refractivity (Wildman–Crippen MR) is 115 cm³/mol. The van der Waals surface area contributed by atoms with Crippen molar-refractivity contribution in [2.45, 2.75) is 53.0 Å². The Kier molecular flexibility index (Phi) is 4.79. The first-order valence-electron chi connectivity index (χ1n) is 9.84. The average Bonchev–Trinajstić information content (AvgIpc) is 2.82. The predicted octanol–water partition coefficient (Wildman–Crippen LogP) is 6.12. The molecule has 2 aromatic rings. The Bertz CT molecular complexity index is 959. The lowest BCUT2D eigenvalue weighted by atomic mass is 9.65. The number of fused-ring (bicyclic) bond motifs is 3. The molecule has 4 nitrogen and oxygen atoms in total. The summed E-state index contributed by atoms with van der Waals surface area (Å²) in [5.41, 5.74) is 2.51. The van der Waals surface area contributed by atoms with Crippen molar-refractivity contribution < 1.29 is 9.53 Å². The number of ether oxygens (including phenoxy) is 1. The molecule has 4 rings (SSSR count). The van der Waals surface area contributed by atoms with Crippen LogP contribution in [0.15, 0.2) is 18.3 Å². The quantitative estimate of drug-likeness (QED) is 0.560. The van der Waals surface area contributed by atoms with Gasteiger partial charge in [-0.15, -0.1) is 0 Å². The molecule has 1 aromatic carbocycles. The fourth-order valence-electron chi connectivity index (χ4n) is 5.60. The lowest BCUT2D eigenvalue weighted by Gasteiger charge is -2.39. The summed E-state index contributed by atoms with van der Waals surface area (Å²) in [4.78, 5) is 19.6. The molecular weight excluding hydrogens is 395 g/mol. The van der Waals surface area contributed by atoms with Gasteiger partial charge in [-0.25, -0.2) is 4.79 Å². The lowest BCUT2D eigenvalue weighted by molar-refractivity contribution is 0.0526. The van der Waals surface area contributed by atoms with Crippen LogP contribution in [-0.2, 0) is 4.74 Å². The number of hydrogen-bond acceptors (Lipinski definition) is 4. The second-order valence-electron chi connectivity index (χ2n) is 9.37. The third kappa shape index (κ3) is 3.35.